The average Bonchev–Trinajstić information content (AvgIpc) is 2.40. The third-order valence-corrected chi connectivity index (χ3v) is 3.19. The van der Waals surface area contributed by atoms with Crippen LogP contribution in [0.2, 0.25) is 0 Å². The van der Waals surface area contributed by atoms with Gasteiger partial charge in [0.2, 0.25) is 0 Å². The summed E-state index contributed by atoms with van der Waals surface area (Å²) >= 11 is 0. The topological polar surface area (TPSA) is 108 Å². The number of nitrogens with zero attached hydrogens (tertiary/aromatic N) is 1. The van der Waals surface area contributed by atoms with Gasteiger partial charge in [-0.05, 0) is 13.8 Å². The van der Waals surface area contributed by atoms with Crippen molar-refractivity contribution in [3.05, 3.63) is 0 Å². The maximum atomic E-state index is 12.1. The van der Waals surface area contributed by atoms with E-state index < -0.39 is 23.8 Å². The minimum atomic E-state index is -0.982. The van der Waals surface area contributed by atoms with E-state index in [9.17, 15) is 14.7 Å². The Hall–Kier alpha value is -1.38. The molecule has 0 radical (unpaired) electrons. The van der Waals surface area contributed by atoms with Crippen molar-refractivity contribution < 1.29 is 29.3 Å². The van der Waals surface area contributed by atoms with Gasteiger partial charge < -0.3 is 29.9 Å². The molecule has 0 bridgehead atoms. The minimum absolute atomic E-state index is 0.114. The molecule has 0 aromatic rings. The first-order valence-electron chi connectivity index (χ1n) is 6.83. The predicted molar refractivity (Wildman–Crippen MR) is 74.1 cm³/mol. The summed E-state index contributed by atoms with van der Waals surface area (Å²) in [5.41, 5.74) is -0.537. The van der Waals surface area contributed by atoms with E-state index in [4.69, 9.17) is 14.6 Å². The Morgan fingerprint density at radius 1 is 1.52 bits per heavy atom. The summed E-state index contributed by atoms with van der Waals surface area (Å²) in [6.07, 6.45) is -1.17. The van der Waals surface area contributed by atoms with Crippen LogP contribution in [0.5, 0.6) is 0 Å². The van der Waals surface area contributed by atoms with Crippen LogP contribution >= 0.6 is 0 Å². The molecule has 122 valence electrons. The minimum Gasteiger partial charge on any atom is -0.481 e. The lowest BCUT2D eigenvalue weighted by molar-refractivity contribution is -0.139. The van der Waals surface area contributed by atoms with Crippen molar-refractivity contribution in [3.63, 3.8) is 0 Å². The highest BCUT2D eigenvalue weighted by molar-refractivity contribution is 5.74. The number of methoxy groups -OCH3 is 1. The van der Waals surface area contributed by atoms with Gasteiger partial charge in [0.15, 0.2) is 0 Å². The summed E-state index contributed by atoms with van der Waals surface area (Å²) in [4.78, 5) is 24.3. The summed E-state index contributed by atoms with van der Waals surface area (Å²) in [7, 11) is 1.40. The number of nitrogens with one attached hydrogen (secondary N) is 1. The lowest BCUT2D eigenvalue weighted by atomic mass is 10.1. The molecule has 1 saturated heterocycles. The molecule has 0 aromatic heterocycles. The molecule has 8 heteroatoms. The highest BCUT2D eigenvalue weighted by atomic mass is 16.5. The smallest absolute Gasteiger partial charge is 0.317 e. The van der Waals surface area contributed by atoms with Crippen LogP contribution in [0.1, 0.15) is 20.3 Å². The van der Waals surface area contributed by atoms with Gasteiger partial charge in [0.25, 0.3) is 0 Å². The van der Waals surface area contributed by atoms with Gasteiger partial charge in [0.05, 0.1) is 43.9 Å². The molecule has 2 amide bonds. The van der Waals surface area contributed by atoms with E-state index in [-0.39, 0.29) is 25.6 Å². The molecule has 3 N–H and O–H groups in total. The molecule has 1 rings (SSSR count). The van der Waals surface area contributed by atoms with E-state index >= 15 is 0 Å². The molecule has 2 atom stereocenters. The Bertz CT molecular complexity index is 374. The van der Waals surface area contributed by atoms with Gasteiger partial charge in [0.1, 0.15) is 0 Å². The fourth-order valence-corrected chi connectivity index (χ4v) is 2.29. The number of carbonyl (C=O) groups excluding carboxylic acids is 1. The summed E-state index contributed by atoms with van der Waals surface area (Å²) in [6, 6.07) is -0.322. The Morgan fingerprint density at radius 2 is 2.19 bits per heavy atom. The molecule has 1 aliphatic rings. The number of amides is 2. The van der Waals surface area contributed by atoms with Crippen LogP contribution in [0.25, 0.3) is 0 Å². The number of carboxylic acids is 1. The number of carbonyl (C=O) groups is 2. The number of ether oxygens (including phenoxy) is 2. The van der Waals surface area contributed by atoms with Crippen molar-refractivity contribution in [2.75, 3.05) is 33.4 Å². The van der Waals surface area contributed by atoms with Crippen molar-refractivity contribution in [2.24, 2.45) is 0 Å². The van der Waals surface area contributed by atoms with E-state index in [0.717, 1.165) is 0 Å². The number of hydrogen-bond acceptors (Lipinski definition) is 5. The molecule has 0 spiro atoms. The van der Waals surface area contributed by atoms with Gasteiger partial charge >= 0.3 is 12.0 Å². The first kappa shape index (κ1) is 17.7. The zero-order valence-electron chi connectivity index (χ0n) is 12.7. The lowest BCUT2D eigenvalue weighted by Gasteiger charge is -2.42. The van der Waals surface area contributed by atoms with Gasteiger partial charge in [-0.1, -0.05) is 0 Å². The summed E-state index contributed by atoms with van der Waals surface area (Å²) in [5.74, 6) is -0.982. The van der Waals surface area contributed by atoms with E-state index in [2.05, 4.69) is 5.32 Å². The van der Waals surface area contributed by atoms with Crippen molar-refractivity contribution in [3.8, 4) is 0 Å². The van der Waals surface area contributed by atoms with E-state index in [1.54, 1.807) is 4.90 Å². The van der Waals surface area contributed by atoms with Crippen LogP contribution in [0, 0.1) is 0 Å². The van der Waals surface area contributed by atoms with E-state index in [1.807, 2.05) is 13.8 Å². The van der Waals surface area contributed by atoms with Gasteiger partial charge in [0, 0.05) is 13.7 Å². The highest BCUT2D eigenvalue weighted by Crippen LogP contribution is 2.20. The summed E-state index contributed by atoms with van der Waals surface area (Å²) in [6.45, 7) is 4.33. The number of aliphatic carboxylic acids is 1. The van der Waals surface area contributed by atoms with Crippen LogP contribution in [0.3, 0.4) is 0 Å². The second-order valence-corrected chi connectivity index (χ2v) is 5.70. The van der Waals surface area contributed by atoms with Crippen molar-refractivity contribution in [1.82, 2.24) is 10.2 Å². The molecule has 21 heavy (non-hydrogen) atoms. The van der Waals surface area contributed by atoms with Crippen molar-refractivity contribution >= 4 is 12.0 Å². The fourth-order valence-electron chi connectivity index (χ4n) is 2.29. The van der Waals surface area contributed by atoms with Gasteiger partial charge in [-0.2, -0.15) is 0 Å². The maximum Gasteiger partial charge on any atom is 0.317 e. The van der Waals surface area contributed by atoms with Crippen molar-refractivity contribution in [2.45, 2.75) is 38.1 Å². The Labute approximate surface area is 124 Å². The second-order valence-electron chi connectivity index (χ2n) is 5.70. The quantitative estimate of drug-likeness (QED) is 0.619. The SMILES string of the molecule is COC(CNC(=O)N1CC(CO)OC(C)(C)C1)CC(=O)O. The van der Waals surface area contributed by atoms with Gasteiger partial charge in [-0.25, -0.2) is 4.79 Å². The second kappa shape index (κ2) is 7.58. The molecule has 1 heterocycles. The van der Waals surface area contributed by atoms with Crippen LogP contribution in [-0.2, 0) is 14.3 Å². The molecule has 1 aliphatic heterocycles. The molecule has 0 aromatic carbocycles. The molecule has 8 nitrogen and oxygen atoms in total. The number of morpholine rings is 1. The third-order valence-electron chi connectivity index (χ3n) is 3.19. The largest absolute Gasteiger partial charge is 0.481 e. The summed E-state index contributed by atoms with van der Waals surface area (Å²) in [5, 5.41) is 20.6. The van der Waals surface area contributed by atoms with E-state index in [1.165, 1.54) is 7.11 Å². The average molecular weight is 304 g/mol. The zero-order chi connectivity index (χ0) is 16.0. The zero-order valence-corrected chi connectivity index (χ0v) is 12.7. The molecular weight excluding hydrogens is 280 g/mol. The molecule has 0 aliphatic carbocycles. The normalized spacial score (nSPS) is 22.7. The number of hydrogen-bond donors (Lipinski definition) is 3. The first-order valence-corrected chi connectivity index (χ1v) is 6.83. The standard InChI is InChI=1S/C13H24N2O6/c1-13(2)8-15(6-10(7-16)21-13)12(19)14-5-9(20-3)4-11(17)18/h9-10,16H,4-8H2,1-3H3,(H,14,19)(H,17,18). The number of rotatable bonds is 6. The summed E-state index contributed by atoms with van der Waals surface area (Å²) < 4.78 is 10.6. The van der Waals surface area contributed by atoms with Crippen LogP contribution in [-0.4, -0.2) is 78.3 Å². The maximum absolute atomic E-state index is 12.1. The number of aliphatic hydroxyl groups excluding tert-OH is 1. The molecule has 2 unspecified atom stereocenters. The molecule has 0 saturated carbocycles. The highest BCUT2D eigenvalue weighted by Gasteiger charge is 2.35. The van der Waals surface area contributed by atoms with Crippen LogP contribution in [0.4, 0.5) is 4.79 Å². The molecule has 1 fully saturated rings. The number of aliphatic hydroxyl groups is 1. The fraction of sp³-hybridized carbons (Fsp3) is 0.846. The Morgan fingerprint density at radius 3 is 2.71 bits per heavy atom. The van der Waals surface area contributed by atoms with Crippen molar-refractivity contribution in [1.29, 1.82) is 0 Å². The monoisotopic (exact) mass is 304 g/mol. The molecular formula is C13H24N2O6. The third kappa shape index (κ3) is 5.86. The predicted octanol–water partition coefficient (Wildman–Crippen LogP) is -0.343. The van der Waals surface area contributed by atoms with Gasteiger partial charge in [-0.15, -0.1) is 0 Å². The number of carboxylic acid groups (broad SMARTS) is 1. The Kier molecular flexibility index (Phi) is 6.38. The van der Waals surface area contributed by atoms with Crippen LogP contribution < -0.4 is 5.32 Å². The van der Waals surface area contributed by atoms with Gasteiger partial charge in [-0.3, -0.25) is 4.79 Å². The van der Waals surface area contributed by atoms with E-state index in [0.29, 0.717) is 13.1 Å². The van der Waals surface area contributed by atoms with Crippen LogP contribution in [0.15, 0.2) is 0 Å². The Balaban J connectivity index is 2.52. The first-order chi connectivity index (χ1) is 9.77. The number of urea groups is 1. The lowest BCUT2D eigenvalue weighted by Crippen LogP contribution is -2.58.